The van der Waals surface area contributed by atoms with Crippen LogP contribution in [0.15, 0.2) is 0 Å². The summed E-state index contributed by atoms with van der Waals surface area (Å²) in [6, 6.07) is 0. The predicted molar refractivity (Wildman–Crippen MR) is 51.7 cm³/mol. The lowest BCUT2D eigenvalue weighted by Crippen LogP contribution is -2.44. The maximum absolute atomic E-state index is 13.8. The molecule has 0 aliphatic carbocycles. The topological polar surface area (TPSA) is 12.5 Å². The summed E-state index contributed by atoms with van der Waals surface area (Å²) < 4.78 is 18.9. The minimum Gasteiger partial charge on any atom is -0.383 e. The second-order valence-electron chi connectivity index (χ2n) is 4.53. The molecular weight excluding hydrogens is 169 g/mol. The van der Waals surface area contributed by atoms with Crippen LogP contribution in [0.1, 0.15) is 27.2 Å². The van der Waals surface area contributed by atoms with Crippen LogP contribution in [0.4, 0.5) is 4.39 Å². The lowest BCUT2D eigenvalue weighted by atomic mass is 9.94. The van der Waals surface area contributed by atoms with Gasteiger partial charge in [-0.25, -0.2) is 4.39 Å². The summed E-state index contributed by atoms with van der Waals surface area (Å²) in [5.41, 5.74) is -1.17. The number of likely N-dealkylation sites (N-methyl/N-ethyl adjacent to an activating group) is 1. The van der Waals surface area contributed by atoms with Crippen molar-refractivity contribution in [2.75, 3.05) is 26.8 Å². The Morgan fingerprint density at radius 2 is 2.08 bits per heavy atom. The summed E-state index contributed by atoms with van der Waals surface area (Å²) in [5, 5.41) is 0. The van der Waals surface area contributed by atoms with Crippen LogP contribution in [0.2, 0.25) is 0 Å². The lowest BCUT2D eigenvalue weighted by Gasteiger charge is -2.33. The zero-order chi connectivity index (χ0) is 10.1. The molecular formula is C10H20FNO. The average Bonchev–Trinajstić information content (AvgIpc) is 2.21. The molecule has 0 unspecified atom stereocenters. The highest BCUT2D eigenvalue weighted by Gasteiger charge is 2.47. The zero-order valence-electron chi connectivity index (χ0n) is 9.06. The molecule has 0 aromatic rings. The third kappa shape index (κ3) is 2.20. The van der Waals surface area contributed by atoms with E-state index in [1.54, 1.807) is 14.0 Å². The van der Waals surface area contributed by atoms with Gasteiger partial charge in [-0.3, -0.25) is 4.90 Å². The summed E-state index contributed by atoms with van der Waals surface area (Å²) >= 11 is 0. The molecule has 0 aromatic heterocycles. The minimum atomic E-state index is -1.05. The van der Waals surface area contributed by atoms with Gasteiger partial charge in [-0.15, -0.1) is 0 Å². The molecule has 1 aliphatic rings. The van der Waals surface area contributed by atoms with Gasteiger partial charge in [0.1, 0.15) is 5.67 Å². The highest BCUT2D eigenvalue weighted by atomic mass is 19.1. The van der Waals surface area contributed by atoms with Crippen LogP contribution in [0.3, 0.4) is 0 Å². The number of alkyl halides is 1. The Balaban J connectivity index is 2.72. The van der Waals surface area contributed by atoms with E-state index in [-0.39, 0.29) is 5.54 Å². The van der Waals surface area contributed by atoms with Gasteiger partial charge in [0.15, 0.2) is 0 Å². The van der Waals surface area contributed by atoms with E-state index < -0.39 is 5.67 Å². The number of methoxy groups -OCH3 is 1. The van der Waals surface area contributed by atoms with Crippen molar-refractivity contribution < 1.29 is 9.13 Å². The molecule has 1 saturated heterocycles. The van der Waals surface area contributed by atoms with Crippen molar-refractivity contribution in [1.29, 1.82) is 0 Å². The molecule has 13 heavy (non-hydrogen) atoms. The van der Waals surface area contributed by atoms with Crippen LogP contribution in [-0.4, -0.2) is 42.9 Å². The van der Waals surface area contributed by atoms with Gasteiger partial charge < -0.3 is 4.74 Å². The van der Waals surface area contributed by atoms with E-state index in [9.17, 15) is 4.39 Å². The van der Waals surface area contributed by atoms with Crippen molar-refractivity contribution in [3.05, 3.63) is 0 Å². The smallest absolute Gasteiger partial charge is 0.122 e. The van der Waals surface area contributed by atoms with Gasteiger partial charge in [0.05, 0.1) is 6.61 Å². The first-order valence-corrected chi connectivity index (χ1v) is 4.86. The van der Waals surface area contributed by atoms with E-state index in [0.29, 0.717) is 19.6 Å². The maximum atomic E-state index is 13.8. The van der Waals surface area contributed by atoms with Crippen molar-refractivity contribution in [1.82, 2.24) is 4.90 Å². The van der Waals surface area contributed by atoms with E-state index in [1.165, 1.54) is 0 Å². The standard InChI is InChI=1S/C10H20FNO/c1-5-12-7-9(2,11)6-10(12,3)8-13-4/h5-8H2,1-4H3/t9-,10+/m0/s1. The van der Waals surface area contributed by atoms with Crippen molar-refractivity contribution >= 4 is 0 Å². The molecule has 0 aromatic carbocycles. The van der Waals surface area contributed by atoms with E-state index in [4.69, 9.17) is 4.74 Å². The van der Waals surface area contributed by atoms with Gasteiger partial charge in [-0.1, -0.05) is 6.92 Å². The number of ether oxygens (including phenoxy) is 1. The van der Waals surface area contributed by atoms with Gasteiger partial charge in [0.25, 0.3) is 0 Å². The number of hydrogen-bond acceptors (Lipinski definition) is 2. The first kappa shape index (κ1) is 10.9. The van der Waals surface area contributed by atoms with Gasteiger partial charge in [-0.2, -0.15) is 0 Å². The number of nitrogens with zero attached hydrogens (tertiary/aromatic N) is 1. The van der Waals surface area contributed by atoms with Crippen LogP contribution < -0.4 is 0 Å². The van der Waals surface area contributed by atoms with Crippen LogP contribution in [0.25, 0.3) is 0 Å². The summed E-state index contributed by atoms with van der Waals surface area (Å²) in [6.07, 6.45) is 0.571. The maximum Gasteiger partial charge on any atom is 0.122 e. The second-order valence-corrected chi connectivity index (χ2v) is 4.53. The molecule has 2 atom stereocenters. The number of hydrogen-bond donors (Lipinski definition) is 0. The SMILES string of the molecule is CCN1C[C@@](C)(F)C[C@]1(C)COC. The molecule has 1 rings (SSSR count). The second kappa shape index (κ2) is 3.54. The Hall–Kier alpha value is -0.150. The Morgan fingerprint density at radius 3 is 2.54 bits per heavy atom. The monoisotopic (exact) mass is 189 g/mol. The molecule has 2 nitrogen and oxygen atoms in total. The molecule has 1 fully saturated rings. The van der Waals surface area contributed by atoms with Crippen molar-refractivity contribution in [2.45, 2.75) is 38.4 Å². The van der Waals surface area contributed by atoms with Crippen molar-refractivity contribution in [3.8, 4) is 0 Å². The first-order valence-electron chi connectivity index (χ1n) is 4.86. The average molecular weight is 189 g/mol. The van der Waals surface area contributed by atoms with Gasteiger partial charge in [0, 0.05) is 25.6 Å². The molecule has 0 saturated carbocycles. The fourth-order valence-corrected chi connectivity index (χ4v) is 2.50. The fraction of sp³-hybridized carbons (Fsp3) is 1.00. The Bertz CT molecular complexity index is 184. The van der Waals surface area contributed by atoms with Crippen LogP contribution in [0, 0.1) is 0 Å². The fourth-order valence-electron chi connectivity index (χ4n) is 2.50. The van der Waals surface area contributed by atoms with E-state index in [0.717, 1.165) is 6.54 Å². The third-order valence-electron chi connectivity index (χ3n) is 2.87. The molecule has 1 aliphatic heterocycles. The van der Waals surface area contributed by atoms with Crippen LogP contribution in [0.5, 0.6) is 0 Å². The predicted octanol–water partition coefficient (Wildman–Crippen LogP) is 1.85. The van der Waals surface area contributed by atoms with Gasteiger partial charge in [-0.05, 0) is 20.4 Å². The summed E-state index contributed by atoms with van der Waals surface area (Å²) in [7, 11) is 1.67. The largest absolute Gasteiger partial charge is 0.383 e. The molecule has 3 heteroatoms. The zero-order valence-corrected chi connectivity index (χ0v) is 9.06. The van der Waals surface area contributed by atoms with Crippen LogP contribution in [-0.2, 0) is 4.74 Å². The molecule has 0 radical (unpaired) electrons. The van der Waals surface area contributed by atoms with E-state index >= 15 is 0 Å². The number of halogens is 1. The van der Waals surface area contributed by atoms with E-state index in [1.807, 2.05) is 0 Å². The van der Waals surface area contributed by atoms with Crippen LogP contribution >= 0.6 is 0 Å². The quantitative estimate of drug-likeness (QED) is 0.671. The van der Waals surface area contributed by atoms with Crippen molar-refractivity contribution in [3.63, 3.8) is 0 Å². The first-order chi connectivity index (χ1) is 5.93. The Morgan fingerprint density at radius 1 is 1.46 bits per heavy atom. The molecule has 1 heterocycles. The normalized spacial score (nSPS) is 41.3. The molecule has 0 N–H and O–H groups in total. The molecule has 78 valence electrons. The molecule has 0 bridgehead atoms. The van der Waals surface area contributed by atoms with E-state index in [2.05, 4.69) is 18.7 Å². The number of likely N-dealkylation sites (tertiary alicyclic amines) is 1. The summed E-state index contributed by atoms with van der Waals surface area (Å²) in [4.78, 5) is 2.16. The van der Waals surface area contributed by atoms with Crippen molar-refractivity contribution in [2.24, 2.45) is 0 Å². The van der Waals surface area contributed by atoms with Gasteiger partial charge >= 0.3 is 0 Å². The highest BCUT2D eigenvalue weighted by molar-refractivity contribution is 5.02. The number of rotatable bonds is 3. The highest BCUT2D eigenvalue weighted by Crippen LogP contribution is 2.37. The Labute approximate surface area is 80.1 Å². The van der Waals surface area contributed by atoms with Gasteiger partial charge in [0.2, 0.25) is 0 Å². The lowest BCUT2D eigenvalue weighted by molar-refractivity contribution is 0.0534. The Kier molecular flexibility index (Phi) is 2.98. The summed E-state index contributed by atoms with van der Waals surface area (Å²) in [6.45, 7) is 7.85. The third-order valence-corrected chi connectivity index (χ3v) is 2.87. The minimum absolute atomic E-state index is 0.118. The molecule has 0 amide bonds. The molecule has 0 spiro atoms. The summed E-state index contributed by atoms with van der Waals surface area (Å²) in [5.74, 6) is 0.